The number of nitrogens with two attached hydrogens (primary N) is 1. The van der Waals surface area contributed by atoms with Gasteiger partial charge in [0.1, 0.15) is 11.5 Å². The van der Waals surface area contributed by atoms with Crippen molar-refractivity contribution in [3.63, 3.8) is 0 Å². The van der Waals surface area contributed by atoms with Gasteiger partial charge in [0.25, 0.3) is 0 Å². The predicted octanol–water partition coefficient (Wildman–Crippen LogP) is 1.93. The summed E-state index contributed by atoms with van der Waals surface area (Å²) in [5.41, 5.74) is 9.87. The minimum atomic E-state index is 0.0173. The molecule has 0 saturated heterocycles. The van der Waals surface area contributed by atoms with Gasteiger partial charge in [0, 0.05) is 25.0 Å². The summed E-state index contributed by atoms with van der Waals surface area (Å²) in [5, 5.41) is 7.44. The number of nitrogens with one attached hydrogen (secondary N) is 1. The molecule has 4 heteroatoms. The number of nitrogens with zero attached hydrogens (tertiary/aromatic N) is 2. The summed E-state index contributed by atoms with van der Waals surface area (Å²) in [4.78, 5) is 6.45. The van der Waals surface area contributed by atoms with Crippen LogP contribution >= 0.6 is 0 Å². The number of hydrogen-bond acceptors (Lipinski definition) is 3. The molecule has 0 aliphatic carbocycles. The molecule has 4 nitrogen and oxygen atoms in total. The van der Waals surface area contributed by atoms with Crippen molar-refractivity contribution in [3.05, 3.63) is 59.4 Å². The van der Waals surface area contributed by atoms with E-state index in [4.69, 9.17) is 11.1 Å². The number of nitrogen functional groups attached to an aromatic ring is 1. The van der Waals surface area contributed by atoms with Crippen LogP contribution in [-0.4, -0.2) is 17.4 Å². The number of rotatable bonds is 3. The number of para-hydroxylation sites is 1. The quantitative estimate of drug-likeness (QED) is 0.648. The number of fused-ring (bicyclic) bond motifs is 1. The van der Waals surface area contributed by atoms with Gasteiger partial charge in [0.15, 0.2) is 0 Å². The van der Waals surface area contributed by atoms with Crippen molar-refractivity contribution in [1.29, 1.82) is 5.41 Å². The molecule has 1 aliphatic heterocycles. The Kier molecular flexibility index (Phi) is 2.91. The fourth-order valence-corrected chi connectivity index (χ4v) is 2.51. The zero-order valence-electron chi connectivity index (χ0n) is 10.6. The summed E-state index contributed by atoms with van der Waals surface area (Å²) in [7, 11) is 0. The second-order valence-electron chi connectivity index (χ2n) is 4.76. The first-order chi connectivity index (χ1) is 9.24. The molecule has 1 aromatic heterocycles. The lowest BCUT2D eigenvalue weighted by atomic mass is 10.1. The molecule has 3 N–H and O–H groups in total. The zero-order valence-corrected chi connectivity index (χ0v) is 10.6. The molecule has 0 saturated carbocycles. The van der Waals surface area contributed by atoms with E-state index in [9.17, 15) is 0 Å². The van der Waals surface area contributed by atoms with E-state index >= 15 is 0 Å². The summed E-state index contributed by atoms with van der Waals surface area (Å²) in [6.07, 6.45) is 2.81. The van der Waals surface area contributed by atoms with Gasteiger partial charge in [-0.15, -0.1) is 0 Å². The summed E-state index contributed by atoms with van der Waals surface area (Å²) in [5.74, 6) is 0.0173. The summed E-state index contributed by atoms with van der Waals surface area (Å²) in [6, 6.07) is 12.4. The van der Waals surface area contributed by atoms with E-state index in [-0.39, 0.29) is 5.84 Å². The van der Waals surface area contributed by atoms with E-state index in [1.165, 1.54) is 11.3 Å². The van der Waals surface area contributed by atoms with Gasteiger partial charge < -0.3 is 10.6 Å². The van der Waals surface area contributed by atoms with Gasteiger partial charge in [0.2, 0.25) is 0 Å². The molecule has 0 bridgehead atoms. The van der Waals surface area contributed by atoms with Gasteiger partial charge in [-0.1, -0.05) is 18.2 Å². The second kappa shape index (κ2) is 4.72. The highest BCUT2D eigenvalue weighted by atomic mass is 15.1. The van der Waals surface area contributed by atoms with Crippen LogP contribution in [0.2, 0.25) is 0 Å². The minimum Gasteiger partial charge on any atom is -0.382 e. The molecule has 0 atom stereocenters. The summed E-state index contributed by atoms with van der Waals surface area (Å²) >= 11 is 0. The molecule has 0 unspecified atom stereocenters. The Morgan fingerprint density at radius 3 is 3.00 bits per heavy atom. The molecule has 0 amide bonds. The van der Waals surface area contributed by atoms with E-state index in [0.29, 0.717) is 5.69 Å². The van der Waals surface area contributed by atoms with Crippen molar-refractivity contribution in [2.24, 2.45) is 5.73 Å². The van der Waals surface area contributed by atoms with Crippen molar-refractivity contribution in [2.45, 2.75) is 13.0 Å². The van der Waals surface area contributed by atoms with Crippen LogP contribution in [0.4, 0.5) is 5.69 Å². The summed E-state index contributed by atoms with van der Waals surface area (Å²) in [6.45, 7) is 1.87. The van der Waals surface area contributed by atoms with E-state index in [1.54, 1.807) is 6.20 Å². The molecule has 19 heavy (non-hydrogen) atoms. The monoisotopic (exact) mass is 252 g/mol. The molecule has 2 aromatic rings. The van der Waals surface area contributed by atoms with Gasteiger partial charge in [-0.2, -0.15) is 0 Å². The third-order valence-corrected chi connectivity index (χ3v) is 3.46. The van der Waals surface area contributed by atoms with Crippen LogP contribution in [0, 0.1) is 5.41 Å². The maximum absolute atomic E-state index is 7.44. The lowest BCUT2D eigenvalue weighted by Crippen LogP contribution is -2.20. The molecule has 0 spiro atoms. The van der Waals surface area contributed by atoms with Gasteiger partial charge in [-0.25, -0.2) is 0 Å². The molecular weight excluding hydrogens is 236 g/mol. The normalized spacial score (nSPS) is 13.4. The molecule has 1 aliphatic rings. The van der Waals surface area contributed by atoms with E-state index < -0.39 is 0 Å². The number of hydrogen-bond donors (Lipinski definition) is 2. The van der Waals surface area contributed by atoms with E-state index in [1.807, 2.05) is 12.1 Å². The standard InChI is InChI=1S/C15H16N4/c16-15(17)13-9-11(5-7-18-13)10-19-8-6-12-3-1-2-4-14(12)19/h1-5,7,9H,6,8,10H2,(H3,16,17). The molecule has 2 heterocycles. The minimum absolute atomic E-state index is 0.0173. The Bertz CT molecular complexity index is 621. The van der Waals surface area contributed by atoms with Gasteiger partial charge in [0.05, 0.1) is 0 Å². The Balaban J connectivity index is 1.83. The van der Waals surface area contributed by atoms with Crippen LogP contribution in [0.25, 0.3) is 0 Å². The Morgan fingerprint density at radius 1 is 1.32 bits per heavy atom. The molecule has 1 aromatic carbocycles. The third kappa shape index (κ3) is 2.29. The van der Waals surface area contributed by atoms with Crippen LogP contribution in [0.3, 0.4) is 0 Å². The lowest BCUT2D eigenvalue weighted by molar-refractivity contribution is 0.834. The van der Waals surface area contributed by atoms with Crippen LogP contribution in [0.5, 0.6) is 0 Å². The highest BCUT2D eigenvalue weighted by Gasteiger charge is 2.18. The average molecular weight is 252 g/mol. The van der Waals surface area contributed by atoms with Gasteiger partial charge in [-0.05, 0) is 35.7 Å². The summed E-state index contributed by atoms with van der Waals surface area (Å²) < 4.78 is 0. The number of aromatic nitrogens is 1. The number of amidine groups is 1. The SMILES string of the molecule is N=C(N)c1cc(CN2CCc3ccccc32)ccn1. The highest BCUT2D eigenvalue weighted by Crippen LogP contribution is 2.28. The number of benzene rings is 1. The zero-order chi connectivity index (χ0) is 13.2. The number of anilines is 1. The van der Waals surface area contributed by atoms with Gasteiger partial charge >= 0.3 is 0 Å². The highest BCUT2D eigenvalue weighted by molar-refractivity contribution is 5.93. The first kappa shape index (κ1) is 11.7. The van der Waals surface area contributed by atoms with Crippen molar-refractivity contribution in [2.75, 3.05) is 11.4 Å². The van der Waals surface area contributed by atoms with Crippen LogP contribution < -0.4 is 10.6 Å². The van der Waals surface area contributed by atoms with Crippen molar-refractivity contribution < 1.29 is 0 Å². The second-order valence-corrected chi connectivity index (χ2v) is 4.76. The van der Waals surface area contributed by atoms with E-state index in [2.05, 4.69) is 34.1 Å². The number of pyridine rings is 1. The molecule has 0 fully saturated rings. The Labute approximate surface area is 112 Å². The maximum atomic E-state index is 7.44. The smallest absolute Gasteiger partial charge is 0.141 e. The first-order valence-electron chi connectivity index (χ1n) is 6.36. The predicted molar refractivity (Wildman–Crippen MR) is 76.4 cm³/mol. The Hall–Kier alpha value is -2.36. The average Bonchev–Trinajstić information content (AvgIpc) is 2.83. The molecule has 3 rings (SSSR count). The fourth-order valence-electron chi connectivity index (χ4n) is 2.51. The maximum Gasteiger partial charge on any atom is 0.141 e. The topological polar surface area (TPSA) is 66.0 Å². The van der Waals surface area contributed by atoms with Crippen LogP contribution in [-0.2, 0) is 13.0 Å². The van der Waals surface area contributed by atoms with E-state index in [0.717, 1.165) is 25.1 Å². The Morgan fingerprint density at radius 2 is 2.16 bits per heavy atom. The largest absolute Gasteiger partial charge is 0.382 e. The fraction of sp³-hybridized carbons (Fsp3) is 0.200. The molecular formula is C15H16N4. The van der Waals surface area contributed by atoms with Gasteiger partial charge in [-0.3, -0.25) is 10.4 Å². The molecule has 0 radical (unpaired) electrons. The van der Waals surface area contributed by atoms with Crippen LogP contribution in [0.15, 0.2) is 42.6 Å². The van der Waals surface area contributed by atoms with Crippen molar-refractivity contribution in [1.82, 2.24) is 4.98 Å². The van der Waals surface area contributed by atoms with Crippen molar-refractivity contribution >= 4 is 11.5 Å². The van der Waals surface area contributed by atoms with Crippen molar-refractivity contribution in [3.8, 4) is 0 Å². The lowest BCUT2D eigenvalue weighted by Gasteiger charge is -2.19. The third-order valence-electron chi connectivity index (χ3n) is 3.46. The van der Waals surface area contributed by atoms with Crippen LogP contribution in [0.1, 0.15) is 16.8 Å². The first-order valence-corrected chi connectivity index (χ1v) is 6.36. The molecule has 96 valence electrons.